The van der Waals surface area contributed by atoms with Crippen LogP contribution in [0.4, 0.5) is 4.39 Å². The molecule has 40 heavy (non-hydrogen) atoms. The van der Waals surface area contributed by atoms with Crippen molar-refractivity contribution in [2.45, 2.75) is 32.6 Å². The van der Waals surface area contributed by atoms with Gasteiger partial charge in [0, 0.05) is 45.9 Å². The highest BCUT2D eigenvalue weighted by Crippen LogP contribution is 2.34. The molecule has 1 amide bonds. The first-order valence-electron chi connectivity index (χ1n) is 13.4. The number of carbonyl (C=O) groups is 1. The van der Waals surface area contributed by atoms with Crippen molar-refractivity contribution in [2.75, 3.05) is 0 Å². The summed E-state index contributed by atoms with van der Waals surface area (Å²) in [6, 6.07) is 14.5. The molecule has 3 heterocycles. The number of hydrogen-bond donors (Lipinski definition) is 3. The predicted octanol–water partition coefficient (Wildman–Crippen LogP) is 7.16. The number of hydrogen-bond acceptors (Lipinski definition) is 4. The number of allylic oxidation sites excluding steroid dienone is 3. The molecule has 3 aromatic heterocycles. The maximum absolute atomic E-state index is 13.9. The van der Waals surface area contributed by atoms with Crippen LogP contribution in [0.25, 0.3) is 49.9 Å². The SMILES string of the molecule is C=N/C=C(\C=C(/C)NC(=O)C1CCCC1)c1ccc2[nH]nc(-c3cc4c(-c5cccc(F)c5)cncc4[nH]3)c2c1. The molecule has 1 fully saturated rings. The highest BCUT2D eigenvalue weighted by molar-refractivity contribution is 6.01. The van der Waals surface area contributed by atoms with E-state index in [1.54, 1.807) is 24.7 Å². The molecular formula is C32H29FN6O. The standard InChI is InChI=1S/C32H29FN6O/c1-19(36-32(40)20-6-3-4-7-20)12-23(16-34-2)21-10-11-28-26(14-21)31(39-38-28)29-15-25-27(17-35-18-30(25)37-29)22-8-5-9-24(33)13-22/h5,8-18,20,37H,2-4,6-7H2,1H3,(H,36,40)(H,38,39)/b19-12+,23-16+. The molecule has 3 N–H and O–H groups in total. The molecule has 0 bridgehead atoms. The average Bonchev–Trinajstić information content (AvgIpc) is 3.72. The summed E-state index contributed by atoms with van der Waals surface area (Å²) >= 11 is 0. The minimum absolute atomic E-state index is 0.0793. The Morgan fingerprint density at radius 2 is 1.95 bits per heavy atom. The second-order valence-corrected chi connectivity index (χ2v) is 10.2. The number of benzene rings is 2. The number of amides is 1. The van der Waals surface area contributed by atoms with E-state index in [0.29, 0.717) is 0 Å². The smallest absolute Gasteiger partial charge is 0.227 e. The number of rotatable bonds is 7. The Hall–Kier alpha value is -4.85. The monoisotopic (exact) mass is 532 g/mol. The maximum atomic E-state index is 13.9. The molecule has 0 unspecified atom stereocenters. The van der Waals surface area contributed by atoms with E-state index in [1.807, 2.05) is 43.3 Å². The number of aliphatic imine (C=N–C) groups is 1. The summed E-state index contributed by atoms with van der Waals surface area (Å²) in [6.45, 7) is 5.53. The minimum atomic E-state index is -0.295. The molecule has 0 atom stereocenters. The lowest BCUT2D eigenvalue weighted by atomic mass is 10.0. The third kappa shape index (κ3) is 4.96. The lowest BCUT2D eigenvalue weighted by Crippen LogP contribution is -2.27. The molecule has 1 aliphatic carbocycles. The van der Waals surface area contributed by atoms with Gasteiger partial charge in [-0.2, -0.15) is 5.10 Å². The van der Waals surface area contributed by atoms with Crippen molar-refractivity contribution in [3.05, 3.63) is 90.3 Å². The van der Waals surface area contributed by atoms with Crippen LogP contribution in [0.2, 0.25) is 0 Å². The Morgan fingerprint density at radius 1 is 1.10 bits per heavy atom. The van der Waals surface area contributed by atoms with E-state index in [1.165, 1.54) is 12.1 Å². The molecule has 6 rings (SSSR count). The maximum Gasteiger partial charge on any atom is 0.227 e. The van der Waals surface area contributed by atoms with Crippen LogP contribution in [-0.4, -0.2) is 32.8 Å². The Labute approximate surface area is 231 Å². The number of aromatic amines is 2. The van der Waals surface area contributed by atoms with E-state index < -0.39 is 0 Å². The summed E-state index contributed by atoms with van der Waals surface area (Å²) in [5.74, 6) is -0.127. The van der Waals surface area contributed by atoms with Gasteiger partial charge < -0.3 is 10.3 Å². The van der Waals surface area contributed by atoms with Crippen molar-refractivity contribution in [1.82, 2.24) is 25.5 Å². The molecule has 0 radical (unpaired) electrons. The molecular weight excluding hydrogens is 503 g/mol. The lowest BCUT2D eigenvalue weighted by Gasteiger charge is -2.11. The third-order valence-electron chi connectivity index (χ3n) is 7.48. The molecule has 0 aliphatic heterocycles. The number of carbonyl (C=O) groups excluding carboxylic acids is 1. The number of halogens is 1. The van der Waals surface area contributed by atoms with Crippen LogP contribution in [0.1, 0.15) is 38.2 Å². The predicted molar refractivity (Wildman–Crippen MR) is 158 cm³/mol. The quantitative estimate of drug-likeness (QED) is 0.153. The van der Waals surface area contributed by atoms with E-state index >= 15 is 0 Å². The number of fused-ring (bicyclic) bond motifs is 2. The Balaban J connectivity index is 1.36. The van der Waals surface area contributed by atoms with Crippen LogP contribution in [0.15, 0.2) is 83.9 Å². The Kier molecular flexibility index (Phi) is 6.82. The van der Waals surface area contributed by atoms with Gasteiger partial charge in [-0.3, -0.25) is 19.9 Å². The molecule has 8 heteroatoms. The first-order chi connectivity index (χ1) is 19.5. The molecule has 1 saturated carbocycles. The molecule has 5 aromatic rings. The van der Waals surface area contributed by atoms with Crippen molar-refractivity contribution in [3.8, 4) is 22.5 Å². The highest BCUT2D eigenvalue weighted by Gasteiger charge is 2.22. The number of H-pyrrole nitrogens is 2. The zero-order valence-electron chi connectivity index (χ0n) is 22.2. The minimum Gasteiger partial charge on any atom is -0.352 e. The number of pyridine rings is 1. The van der Waals surface area contributed by atoms with Gasteiger partial charge in [0.1, 0.15) is 11.5 Å². The topological polar surface area (TPSA) is 98.8 Å². The number of nitrogens with one attached hydrogen (secondary N) is 3. The van der Waals surface area contributed by atoms with Crippen LogP contribution in [-0.2, 0) is 4.79 Å². The zero-order valence-corrected chi connectivity index (χ0v) is 22.2. The van der Waals surface area contributed by atoms with E-state index in [0.717, 1.165) is 86.8 Å². The fraction of sp³-hybridized carbons (Fsp3) is 0.188. The van der Waals surface area contributed by atoms with Gasteiger partial charge in [-0.15, -0.1) is 0 Å². The number of aromatic nitrogens is 4. The molecule has 2 aromatic carbocycles. The summed E-state index contributed by atoms with van der Waals surface area (Å²) in [5, 5.41) is 12.6. The summed E-state index contributed by atoms with van der Waals surface area (Å²) < 4.78 is 13.9. The molecule has 1 aliphatic rings. The van der Waals surface area contributed by atoms with E-state index in [-0.39, 0.29) is 17.6 Å². The molecule has 0 saturated heterocycles. The van der Waals surface area contributed by atoms with Crippen LogP contribution >= 0.6 is 0 Å². The molecule has 7 nitrogen and oxygen atoms in total. The first kappa shape index (κ1) is 25.4. The second-order valence-electron chi connectivity index (χ2n) is 10.2. The summed E-state index contributed by atoms with van der Waals surface area (Å²) in [4.78, 5) is 24.4. The molecule has 0 spiro atoms. The fourth-order valence-electron chi connectivity index (χ4n) is 5.51. The average molecular weight is 533 g/mol. The fourth-order valence-corrected chi connectivity index (χ4v) is 5.51. The summed E-state index contributed by atoms with van der Waals surface area (Å²) in [5.41, 5.74) is 7.35. The molecule has 200 valence electrons. The van der Waals surface area contributed by atoms with Crippen LogP contribution < -0.4 is 5.32 Å². The highest BCUT2D eigenvalue weighted by atomic mass is 19.1. The Bertz CT molecular complexity index is 1800. The third-order valence-corrected chi connectivity index (χ3v) is 7.48. The van der Waals surface area contributed by atoms with Crippen LogP contribution in [0.5, 0.6) is 0 Å². The van der Waals surface area contributed by atoms with Crippen LogP contribution in [0.3, 0.4) is 0 Å². The normalized spacial score (nSPS) is 14.8. The lowest BCUT2D eigenvalue weighted by molar-refractivity contribution is -0.124. The van der Waals surface area contributed by atoms with E-state index in [4.69, 9.17) is 0 Å². The van der Waals surface area contributed by atoms with Gasteiger partial charge in [0.25, 0.3) is 0 Å². The van der Waals surface area contributed by atoms with Crippen LogP contribution in [0, 0.1) is 11.7 Å². The van der Waals surface area contributed by atoms with Gasteiger partial charge in [-0.1, -0.05) is 31.0 Å². The summed E-state index contributed by atoms with van der Waals surface area (Å²) in [6.07, 6.45) is 11.2. The van der Waals surface area contributed by atoms with Gasteiger partial charge in [0.2, 0.25) is 5.91 Å². The van der Waals surface area contributed by atoms with Gasteiger partial charge in [-0.05, 0) is 74.0 Å². The van der Waals surface area contributed by atoms with Gasteiger partial charge in [0.05, 0.1) is 22.9 Å². The Morgan fingerprint density at radius 3 is 2.75 bits per heavy atom. The van der Waals surface area contributed by atoms with Crippen molar-refractivity contribution in [3.63, 3.8) is 0 Å². The van der Waals surface area contributed by atoms with Gasteiger partial charge in [0.15, 0.2) is 0 Å². The number of nitrogens with zero attached hydrogens (tertiary/aromatic N) is 3. The van der Waals surface area contributed by atoms with Crippen molar-refractivity contribution >= 4 is 40.0 Å². The van der Waals surface area contributed by atoms with Crippen molar-refractivity contribution < 1.29 is 9.18 Å². The second kappa shape index (κ2) is 10.7. The zero-order chi connectivity index (χ0) is 27.6. The van der Waals surface area contributed by atoms with Gasteiger partial charge in [-0.25, -0.2) is 4.39 Å². The van der Waals surface area contributed by atoms with Gasteiger partial charge >= 0.3 is 0 Å². The van der Waals surface area contributed by atoms with Crippen molar-refractivity contribution in [1.29, 1.82) is 0 Å². The van der Waals surface area contributed by atoms with E-state index in [2.05, 4.69) is 37.2 Å². The summed E-state index contributed by atoms with van der Waals surface area (Å²) in [7, 11) is 0. The van der Waals surface area contributed by atoms with E-state index in [9.17, 15) is 9.18 Å². The largest absolute Gasteiger partial charge is 0.352 e. The van der Waals surface area contributed by atoms with Crippen molar-refractivity contribution in [2.24, 2.45) is 10.9 Å². The first-order valence-corrected chi connectivity index (χ1v) is 13.4.